The molecule has 23 heavy (non-hydrogen) atoms. The van der Waals surface area contributed by atoms with Crippen LogP contribution in [0.2, 0.25) is 5.02 Å². The number of aryl methyl sites for hydroxylation is 1. The van der Waals surface area contributed by atoms with Crippen molar-refractivity contribution >= 4 is 46.8 Å². The molecular formula is C15H18Cl2N6. The van der Waals surface area contributed by atoms with Gasteiger partial charge < -0.3 is 10.6 Å². The van der Waals surface area contributed by atoms with Crippen molar-refractivity contribution in [2.24, 2.45) is 7.05 Å². The summed E-state index contributed by atoms with van der Waals surface area (Å²) in [4.78, 5) is 8.99. The standard InChI is InChI=1S/C15H17ClN6.ClH/c1-3-17-15-20-13(11-9-19-22(2)14(11)21-15)18-8-10-6-4-5-7-12(10)16;/h4-7,9H,3,8H2,1-2H3,(H2,17,18,20,21);1H. The Morgan fingerprint density at radius 1 is 1.17 bits per heavy atom. The van der Waals surface area contributed by atoms with E-state index in [1.807, 2.05) is 38.2 Å². The minimum absolute atomic E-state index is 0. The fourth-order valence-corrected chi connectivity index (χ4v) is 2.42. The van der Waals surface area contributed by atoms with Gasteiger partial charge in [0, 0.05) is 25.2 Å². The van der Waals surface area contributed by atoms with Crippen LogP contribution in [0.15, 0.2) is 30.5 Å². The lowest BCUT2D eigenvalue weighted by Gasteiger charge is -2.10. The number of benzene rings is 1. The van der Waals surface area contributed by atoms with Gasteiger partial charge in [0.05, 0.1) is 11.6 Å². The van der Waals surface area contributed by atoms with Crippen molar-refractivity contribution in [1.29, 1.82) is 0 Å². The molecule has 0 aliphatic rings. The lowest BCUT2D eigenvalue weighted by molar-refractivity contribution is 0.785. The molecule has 0 saturated carbocycles. The second-order valence-corrected chi connectivity index (χ2v) is 5.28. The van der Waals surface area contributed by atoms with Crippen LogP contribution in [0.1, 0.15) is 12.5 Å². The average molecular weight is 353 g/mol. The fourth-order valence-electron chi connectivity index (χ4n) is 2.21. The molecule has 0 radical (unpaired) electrons. The van der Waals surface area contributed by atoms with Crippen molar-refractivity contribution in [2.75, 3.05) is 17.2 Å². The Labute approximate surface area is 145 Å². The average Bonchev–Trinajstić information content (AvgIpc) is 2.88. The highest BCUT2D eigenvalue weighted by atomic mass is 35.5. The van der Waals surface area contributed by atoms with E-state index in [1.165, 1.54) is 0 Å². The summed E-state index contributed by atoms with van der Waals surface area (Å²) < 4.78 is 1.73. The topological polar surface area (TPSA) is 67.7 Å². The predicted molar refractivity (Wildman–Crippen MR) is 96.5 cm³/mol. The Bertz CT molecular complexity index is 802. The normalized spacial score (nSPS) is 10.4. The summed E-state index contributed by atoms with van der Waals surface area (Å²) in [5.41, 5.74) is 1.80. The third kappa shape index (κ3) is 3.65. The smallest absolute Gasteiger partial charge is 0.226 e. The van der Waals surface area contributed by atoms with Crippen molar-refractivity contribution in [3.8, 4) is 0 Å². The fraction of sp³-hybridized carbons (Fsp3) is 0.267. The van der Waals surface area contributed by atoms with E-state index in [9.17, 15) is 0 Å². The molecule has 0 bridgehead atoms. The van der Waals surface area contributed by atoms with Crippen LogP contribution in [0, 0.1) is 0 Å². The van der Waals surface area contributed by atoms with Crippen molar-refractivity contribution < 1.29 is 0 Å². The zero-order valence-corrected chi connectivity index (χ0v) is 14.4. The van der Waals surface area contributed by atoms with E-state index in [0.717, 1.165) is 34.0 Å². The molecule has 0 amide bonds. The van der Waals surface area contributed by atoms with Crippen LogP contribution in [-0.2, 0) is 13.6 Å². The van der Waals surface area contributed by atoms with E-state index in [-0.39, 0.29) is 12.4 Å². The lowest BCUT2D eigenvalue weighted by atomic mass is 10.2. The predicted octanol–water partition coefficient (Wildman–Crippen LogP) is 3.48. The zero-order chi connectivity index (χ0) is 15.5. The summed E-state index contributed by atoms with van der Waals surface area (Å²) in [5, 5.41) is 12.3. The minimum atomic E-state index is 0. The Morgan fingerprint density at radius 2 is 1.96 bits per heavy atom. The second kappa shape index (κ2) is 7.48. The molecule has 2 N–H and O–H groups in total. The third-order valence-corrected chi connectivity index (χ3v) is 3.70. The van der Waals surface area contributed by atoms with E-state index in [0.29, 0.717) is 12.5 Å². The quantitative estimate of drug-likeness (QED) is 0.735. The van der Waals surface area contributed by atoms with E-state index in [4.69, 9.17) is 11.6 Å². The van der Waals surface area contributed by atoms with Gasteiger partial charge in [-0.25, -0.2) is 0 Å². The maximum atomic E-state index is 6.19. The monoisotopic (exact) mass is 352 g/mol. The maximum Gasteiger partial charge on any atom is 0.226 e. The molecule has 0 unspecified atom stereocenters. The van der Waals surface area contributed by atoms with Crippen LogP contribution in [0.25, 0.3) is 11.0 Å². The second-order valence-electron chi connectivity index (χ2n) is 4.88. The molecule has 122 valence electrons. The Hall–Kier alpha value is -2.05. The highest BCUT2D eigenvalue weighted by Gasteiger charge is 2.11. The minimum Gasteiger partial charge on any atom is -0.365 e. The molecule has 0 atom stereocenters. The third-order valence-electron chi connectivity index (χ3n) is 3.33. The summed E-state index contributed by atoms with van der Waals surface area (Å²) >= 11 is 6.19. The number of hydrogen-bond acceptors (Lipinski definition) is 5. The first-order valence-corrected chi connectivity index (χ1v) is 7.47. The van der Waals surface area contributed by atoms with Crippen LogP contribution in [0.4, 0.5) is 11.8 Å². The number of halogens is 2. The van der Waals surface area contributed by atoms with Crippen molar-refractivity contribution in [3.05, 3.63) is 41.0 Å². The molecule has 8 heteroatoms. The number of nitrogens with zero attached hydrogens (tertiary/aromatic N) is 4. The van der Waals surface area contributed by atoms with Crippen LogP contribution in [0.5, 0.6) is 0 Å². The highest BCUT2D eigenvalue weighted by Crippen LogP contribution is 2.23. The van der Waals surface area contributed by atoms with Crippen LogP contribution in [0.3, 0.4) is 0 Å². The molecule has 0 aliphatic heterocycles. The van der Waals surface area contributed by atoms with Crippen LogP contribution in [-0.4, -0.2) is 26.3 Å². The summed E-state index contributed by atoms with van der Waals surface area (Å²) in [6.45, 7) is 3.35. The largest absolute Gasteiger partial charge is 0.365 e. The molecule has 1 aromatic carbocycles. The van der Waals surface area contributed by atoms with E-state index in [2.05, 4.69) is 25.7 Å². The maximum absolute atomic E-state index is 6.19. The van der Waals surface area contributed by atoms with Crippen molar-refractivity contribution in [2.45, 2.75) is 13.5 Å². The van der Waals surface area contributed by atoms with E-state index < -0.39 is 0 Å². The number of rotatable bonds is 5. The van der Waals surface area contributed by atoms with Gasteiger partial charge in [-0.3, -0.25) is 4.68 Å². The Kier molecular flexibility index (Phi) is 5.63. The highest BCUT2D eigenvalue weighted by molar-refractivity contribution is 6.31. The van der Waals surface area contributed by atoms with E-state index >= 15 is 0 Å². The first-order valence-electron chi connectivity index (χ1n) is 7.10. The van der Waals surface area contributed by atoms with Gasteiger partial charge in [0.25, 0.3) is 0 Å². The molecule has 0 spiro atoms. The summed E-state index contributed by atoms with van der Waals surface area (Å²) in [5.74, 6) is 1.33. The van der Waals surface area contributed by atoms with Crippen molar-refractivity contribution in [1.82, 2.24) is 19.7 Å². The van der Waals surface area contributed by atoms with Gasteiger partial charge >= 0.3 is 0 Å². The van der Waals surface area contributed by atoms with Crippen LogP contribution >= 0.6 is 24.0 Å². The lowest BCUT2D eigenvalue weighted by Crippen LogP contribution is -2.08. The van der Waals surface area contributed by atoms with Gasteiger partial charge in [-0.05, 0) is 18.6 Å². The van der Waals surface area contributed by atoms with Gasteiger partial charge in [0.15, 0.2) is 5.65 Å². The summed E-state index contributed by atoms with van der Waals surface area (Å²) in [6, 6.07) is 7.75. The molecule has 0 fully saturated rings. The van der Waals surface area contributed by atoms with Gasteiger partial charge in [-0.1, -0.05) is 29.8 Å². The molecule has 2 aromatic heterocycles. The molecular weight excluding hydrogens is 335 g/mol. The summed E-state index contributed by atoms with van der Waals surface area (Å²) in [7, 11) is 1.86. The molecule has 2 heterocycles. The molecule has 0 saturated heterocycles. The van der Waals surface area contributed by atoms with Gasteiger partial charge in [0.1, 0.15) is 5.82 Å². The van der Waals surface area contributed by atoms with E-state index in [1.54, 1.807) is 10.9 Å². The molecule has 3 aromatic rings. The van der Waals surface area contributed by atoms with Crippen LogP contribution < -0.4 is 10.6 Å². The molecule has 6 nitrogen and oxygen atoms in total. The molecule has 0 aliphatic carbocycles. The number of fused-ring (bicyclic) bond motifs is 1. The first kappa shape index (κ1) is 17.3. The van der Waals surface area contributed by atoms with Gasteiger partial charge in [0.2, 0.25) is 5.95 Å². The zero-order valence-electron chi connectivity index (χ0n) is 12.9. The van der Waals surface area contributed by atoms with Gasteiger partial charge in [-0.15, -0.1) is 12.4 Å². The Balaban J connectivity index is 0.00000192. The SMILES string of the molecule is CCNc1nc(NCc2ccccc2Cl)c2cnn(C)c2n1.Cl. The number of aromatic nitrogens is 4. The number of hydrogen-bond donors (Lipinski definition) is 2. The Morgan fingerprint density at radius 3 is 2.70 bits per heavy atom. The molecule has 3 rings (SSSR count). The number of nitrogens with one attached hydrogen (secondary N) is 2. The van der Waals surface area contributed by atoms with Crippen molar-refractivity contribution in [3.63, 3.8) is 0 Å². The van der Waals surface area contributed by atoms with Gasteiger partial charge in [-0.2, -0.15) is 15.1 Å². The summed E-state index contributed by atoms with van der Waals surface area (Å²) in [6.07, 6.45) is 1.76. The first-order chi connectivity index (χ1) is 10.7. The number of anilines is 2.